The van der Waals surface area contributed by atoms with Gasteiger partial charge in [-0.2, -0.15) is 0 Å². The molecule has 0 aliphatic heterocycles. The van der Waals surface area contributed by atoms with Crippen LogP contribution in [0.25, 0.3) is 0 Å². The summed E-state index contributed by atoms with van der Waals surface area (Å²) in [5.41, 5.74) is 2.97. The van der Waals surface area contributed by atoms with Crippen LogP contribution in [-0.2, 0) is 33.2 Å². The van der Waals surface area contributed by atoms with Crippen LogP contribution in [0.2, 0.25) is 0 Å². The van der Waals surface area contributed by atoms with Crippen LogP contribution in [-0.4, -0.2) is 37.5 Å². The number of carbonyl (C=O) groups excluding carboxylic acids is 1. The largest absolute Gasteiger partial charge is 0.341 e. The molecule has 2 rings (SSSR count). The Bertz CT molecular complexity index is 866. The highest BCUT2D eigenvalue weighted by Gasteiger charge is 2.15. The molecule has 0 unspecified atom stereocenters. The first kappa shape index (κ1) is 20.4. The first-order valence-electron chi connectivity index (χ1n) is 8.19. The van der Waals surface area contributed by atoms with Gasteiger partial charge in [0.15, 0.2) is 5.13 Å². The predicted octanol–water partition coefficient (Wildman–Crippen LogP) is 3.01. The number of nitrogens with one attached hydrogen (secondary N) is 1. The van der Waals surface area contributed by atoms with Crippen LogP contribution >= 0.6 is 11.3 Å². The van der Waals surface area contributed by atoms with E-state index < -0.39 is 10.0 Å². The minimum Gasteiger partial charge on any atom is -0.341 e. The van der Waals surface area contributed by atoms with Gasteiger partial charge in [0.1, 0.15) is 0 Å². The van der Waals surface area contributed by atoms with Gasteiger partial charge in [-0.15, -0.1) is 11.3 Å². The summed E-state index contributed by atoms with van der Waals surface area (Å²) in [6, 6.07) is 8.27. The second-order valence-electron chi connectivity index (χ2n) is 7.39. The molecule has 0 spiro atoms. The third-order valence-electron chi connectivity index (χ3n) is 3.82. The van der Waals surface area contributed by atoms with Gasteiger partial charge >= 0.3 is 0 Å². The molecule has 0 fully saturated rings. The minimum absolute atomic E-state index is 0.0684. The Kier molecular flexibility index (Phi) is 6.08. The van der Waals surface area contributed by atoms with Gasteiger partial charge in [-0.3, -0.25) is 9.52 Å². The summed E-state index contributed by atoms with van der Waals surface area (Å²) < 4.78 is 24.7. The Morgan fingerprint density at radius 1 is 1.23 bits per heavy atom. The average Bonchev–Trinajstić information content (AvgIpc) is 2.91. The molecule has 0 saturated carbocycles. The van der Waals surface area contributed by atoms with Crippen LogP contribution in [0.3, 0.4) is 0 Å². The van der Waals surface area contributed by atoms with E-state index in [1.807, 2.05) is 12.1 Å². The fourth-order valence-electron chi connectivity index (χ4n) is 2.36. The van der Waals surface area contributed by atoms with Crippen LogP contribution in [0.5, 0.6) is 0 Å². The highest BCUT2D eigenvalue weighted by atomic mass is 32.2. The summed E-state index contributed by atoms with van der Waals surface area (Å²) in [5.74, 6) is -0.0684. The number of anilines is 1. The Balaban J connectivity index is 1.95. The van der Waals surface area contributed by atoms with E-state index in [-0.39, 0.29) is 22.9 Å². The predicted molar refractivity (Wildman–Crippen MR) is 106 cm³/mol. The Morgan fingerprint density at radius 3 is 2.38 bits per heavy atom. The van der Waals surface area contributed by atoms with E-state index >= 15 is 0 Å². The van der Waals surface area contributed by atoms with Crippen molar-refractivity contribution in [1.82, 2.24) is 9.88 Å². The fraction of sp³-hybridized carbons (Fsp3) is 0.444. The third kappa shape index (κ3) is 6.10. The first-order valence-corrected chi connectivity index (χ1v) is 11.0. The molecule has 0 aliphatic carbocycles. The molecule has 26 heavy (non-hydrogen) atoms. The van der Waals surface area contributed by atoms with Gasteiger partial charge in [-0.05, 0) is 16.5 Å². The number of nitrogens with zero attached hydrogens (tertiary/aromatic N) is 2. The molecule has 0 radical (unpaired) electrons. The van der Waals surface area contributed by atoms with Gasteiger partial charge in [0.05, 0.1) is 18.4 Å². The highest BCUT2D eigenvalue weighted by Crippen LogP contribution is 2.22. The Morgan fingerprint density at radius 2 is 1.85 bits per heavy atom. The van der Waals surface area contributed by atoms with E-state index in [1.165, 1.54) is 16.9 Å². The molecule has 1 heterocycles. The van der Waals surface area contributed by atoms with Gasteiger partial charge < -0.3 is 4.90 Å². The number of aromatic nitrogens is 1. The number of thiazole rings is 1. The van der Waals surface area contributed by atoms with E-state index in [1.54, 1.807) is 17.3 Å². The molecule has 1 N–H and O–H groups in total. The van der Waals surface area contributed by atoms with E-state index in [4.69, 9.17) is 0 Å². The van der Waals surface area contributed by atoms with Crippen LogP contribution in [0.15, 0.2) is 29.6 Å². The van der Waals surface area contributed by atoms with Crippen molar-refractivity contribution in [1.29, 1.82) is 0 Å². The summed E-state index contributed by atoms with van der Waals surface area (Å²) in [5, 5.41) is 1.97. The van der Waals surface area contributed by atoms with Crippen molar-refractivity contribution in [2.75, 3.05) is 18.0 Å². The molecule has 0 saturated heterocycles. The van der Waals surface area contributed by atoms with Crippen molar-refractivity contribution in [3.05, 3.63) is 46.5 Å². The van der Waals surface area contributed by atoms with Crippen LogP contribution in [0.4, 0.5) is 5.13 Å². The highest BCUT2D eigenvalue weighted by molar-refractivity contribution is 7.92. The molecule has 0 bridgehead atoms. The van der Waals surface area contributed by atoms with Crippen molar-refractivity contribution in [3.63, 3.8) is 0 Å². The van der Waals surface area contributed by atoms with Crippen molar-refractivity contribution >= 4 is 32.4 Å². The fourth-order valence-corrected chi connectivity index (χ4v) is 3.92. The van der Waals surface area contributed by atoms with Crippen molar-refractivity contribution in [3.8, 4) is 0 Å². The van der Waals surface area contributed by atoms with E-state index in [2.05, 4.69) is 42.6 Å². The summed E-state index contributed by atoms with van der Waals surface area (Å²) in [6.45, 7) is 7.01. The van der Waals surface area contributed by atoms with E-state index in [0.29, 0.717) is 12.2 Å². The standard InChI is InChI=1S/C18H25N3O3S2/c1-18(2,3)14-8-6-13(7-9-14)11-21(4)16(22)10-15-12-25-17(19-15)20-26(5,23)24/h6-9,12H,10-11H2,1-5H3,(H,19,20). The number of amides is 1. The molecular weight excluding hydrogens is 370 g/mol. The number of benzene rings is 1. The topological polar surface area (TPSA) is 79.4 Å². The number of rotatable bonds is 6. The Hall–Kier alpha value is -1.93. The zero-order valence-electron chi connectivity index (χ0n) is 15.7. The smallest absolute Gasteiger partial charge is 0.231 e. The maximum Gasteiger partial charge on any atom is 0.231 e. The summed E-state index contributed by atoms with van der Waals surface area (Å²) >= 11 is 1.17. The Labute approximate surface area is 159 Å². The normalized spacial score (nSPS) is 12.0. The molecule has 1 aromatic carbocycles. The van der Waals surface area contributed by atoms with Crippen LogP contribution in [0, 0.1) is 0 Å². The quantitative estimate of drug-likeness (QED) is 0.815. The molecular formula is C18H25N3O3S2. The van der Waals surface area contributed by atoms with Crippen molar-refractivity contribution in [2.45, 2.75) is 39.2 Å². The lowest BCUT2D eigenvalue weighted by Gasteiger charge is -2.20. The van der Waals surface area contributed by atoms with Crippen LogP contribution < -0.4 is 4.72 Å². The van der Waals surface area contributed by atoms with E-state index in [9.17, 15) is 13.2 Å². The van der Waals surface area contributed by atoms with Gasteiger partial charge in [0.2, 0.25) is 15.9 Å². The molecule has 8 heteroatoms. The maximum atomic E-state index is 12.4. The summed E-state index contributed by atoms with van der Waals surface area (Å²) in [6.07, 6.45) is 1.20. The summed E-state index contributed by atoms with van der Waals surface area (Å²) in [4.78, 5) is 18.2. The minimum atomic E-state index is -3.36. The van der Waals surface area contributed by atoms with Gasteiger partial charge in [-0.25, -0.2) is 13.4 Å². The SMILES string of the molecule is CN(Cc1ccc(C(C)(C)C)cc1)C(=O)Cc1csc(NS(C)(=O)=O)n1. The number of hydrogen-bond acceptors (Lipinski definition) is 5. The second-order valence-corrected chi connectivity index (χ2v) is 10.00. The maximum absolute atomic E-state index is 12.4. The lowest BCUT2D eigenvalue weighted by Crippen LogP contribution is -2.27. The van der Waals surface area contributed by atoms with Gasteiger partial charge in [0, 0.05) is 19.0 Å². The molecule has 6 nitrogen and oxygen atoms in total. The number of likely N-dealkylation sites (N-methyl/N-ethyl adjacent to an activating group) is 1. The molecule has 0 aliphatic rings. The van der Waals surface area contributed by atoms with Crippen molar-refractivity contribution in [2.24, 2.45) is 0 Å². The first-order chi connectivity index (χ1) is 11.9. The summed E-state index contributed by atoms with van der Waals surface area (Å²) in [7, 11) is -1.61. The average molecular weight is 396 g/mol. The lowest BCUT2D eigenvalue weighted by molar-refractivity contribution is -0.129. The molecule has 1 aromatic heterocycles. The van der Waals surface area contributed by atoms with Crippen LogP contribution in [0.1, 0.15) is 37.6 Å². The number of carbonyl (C=O) groups is 1. The number of sulfonamides is 1. The zero-order valence-corrected chi connectivity index (χ0v) is 17.4. The van der Waals surface area contributed by atoms with Crippen molar-refractivity contribution < 1.29 is 13.2 Å². The monoisotopic (exact) mass is 395 g/mol. The second kappa shape index (κ2) is 7.75. The lowest BCUT2D eigenvalue weighted by atomic mass is 9.87. The van der Waals surface area contributed by atoms with Gasteiger partial charge in [0.25, 0.3) is 0 Å². The molecule has 1 amide bonds. The molecule has 0 atom stereocenters. The van der Waals surface area contributed by atoms with E-state index in [0.717, 1.165) is 11.8 Å². The third-order valence-corrected chi connectivity index (χ3v) is 5.32. The molecule has 2 aromatic rings. The number of hydrogen-bond donors (Lipinski definition) is 1. The molecule has 142 valence electrons. The zero-order chi connectivity index (χ0) is 19.5. The van der Waals surface area contributed by atoms with Gasteiger partial charge in [-0.1, -0.05) is 45.0 Å².